The molecule has 0 bridgehead atoms. The Morgan fingerprint density at radius 2 is 2.08 bits per heavy atom. The number of rotatable bonds is 1. The second-order valence-electron chi connectivity index (χ2n) is 3.81. The number of urea groups is 1. The Balaban J connectivity index is 0.00000144. The molecule has 1 saturated heterocycles. The van der Waals surface area contributed by atoms with E-state index in [-0.39, 0.29) is 58.2 Å². The number of hydrogen-bond donors (Lipinski definition) is 0. The molecule has 0 spiro atoms. The molecule has 4 heteroatoms. The van der Waals surface area contributed by atoms with Crippen LogP contribution < -0.4 is 58.2 Å². The molecule has 1 unspecified atom stereocenters. The van der Waals surface area contributed by atoms with Crippen molar-refractivity contribution in [2.24, 2.45) is 5.92 Å². The van der Waals surface area contributed by atoms with Crippen LogP contribution >= 0.6 is 0 Å². The van der Waals surface area contributed by atoms with Crippen molar-refractivity contribution >= 4 is 6.03 Å². The van der Waals surface area contributed by atoms with Gasteiger partial charge in [-0.25, -0.2) is 0 Å². The summed E-state index contributed by atoms with van der Waals surface area (Å²) in [5.41, 5.74) is 7.08. The molecule has 1 atom stereocenters. The van der Waals surface area contributed by atoms with Gasteiger partial charge in [-0.2, -0.15) is 0 Å². The third kappa shape index (κ3) is 3.98. The van der Waals surface area contributed by atoms with E-state index in [1.165, 1.54) is 6.42 Å². The van der Waals surface area contributed by atoms with E-state index in [0.717, 1.165) is 19.4 Å². The minimum atomic E-state index is -0.506. The summed E-state index contributed by atoms with van der Waals surface area (Å²) in [5, 5.41) is 0. The summed E-state index contributed by atoms with van der Waals surface area (Å²) in [6.07, 6.45) is 3.34. The molecule has 1 heterocycles. The van der Waals surface area contributed by atoms with Gasteiger partial charge in [-0.1, -0.05) is 33.1 Å². The molecule has 0 aromatic rings. The third-order valence-corrected chi connectivity index (χ3v) is 2.58. The van der Waals surface area contributed by atoms with E-state index in [1.807, 2.05) is 0 Å². The number of nitrogens with one attached hydrogen (secondary N) is 1. The molecule has 1 rings (SSSR count). The summed E-state index contributed by atoms with van der Waals surface area (Å²) in [7, 11) is 0. The molecule has 13 heavy (non-hydrogen) atoms. The van der Waals surface area contributed by atoms with Gasteiger partial charge < -0.3 is 10.6 Å². The molecule has 2 amide bonds. The first-order valence-corrected chi connectivity index (χ1v) is 4.65. The van der Waals surface area contributed by atoms with Gasteiger partial charge in [0, 0.05) is 0 Å². The van der Waals surface area contributed by atoms with Crippen LogP contribution in [-0.4, -0.2) is 23.5 Å². The molecule has 3 nitrogen and oxygen atoms in total. The van der Waals surface area contributed by atoms with E-state index in [2.05, 4.69) is 13.8 Å². The maximum Gasteiger partial charge on any atom is 1.00 e. The Morgan fingerprint density at radius 1 is 1.46 bits per heavy atom. The third-order valence-electron chi connectivity index (χ3n) is 2.58. The van der Waals surface area contributed by atoms with Crippen molar-refractivity contribution in [1.29, 1.82) is 0 Å². The van der Waals surface area contributed by atoms with E-state index in [1.54, 1.807) is 4.90 Å². The Morgan fingerprint density at radius 3 is 2.46 bits per heavy atom. The fraction of sp³-hybridized carbons (Fsp3) is 0.889. The molecule has 0 radical (unpaired) electrons. The predicted octanol–water partition coefficient (Wildman–Crippen LogP) is -0.327. The summed E-state index contributed by atoms with van der Waals surface area (Å²) in [5.74, 6) is 0.486. The fourth-order valence-electron chi connectivity index (χ4n) is 1.90. The molecule has 0 aromatic heterocycles. The largest absolute Gasteiger partial charge is 1.00 e. The number of piperidine rings is 1. The average Bonchev–Trinajstić information content (AvgIpc) is 2.04. The summed E-state index contributed by atoms with van der Waals surface area (Å²) < 4.78 is 0. The SMILES string of the molecule is CC(C)C1CCCCN1C([NH-])=O.[Rb+]. The van der Waals surface area contributed by atoms with Crippen molar-refractivity contribution in [1.82, 2.24) is 4.90 Å². The van der Waals surface area contributed by atoms with Gasteiger partial charge in [0.1, 0.15) is 0 Å². The average molecular weight is 255 g/mol. The Bertz CT molecular complexity index is 173. The molecular weight excluding hydrogens is 238 g/mol. The molecule has 0 aromatic carbocycles. The van der Waals surface area contributed by atoms with Gasteiger partial charge in [-0.3, -0.25) is 4.79 Å². The van der Waals surface area contributed by atoms with Crippen LogP contribution in [0.2, 0.25) is 0 Å². The number of amides is 2. The Kier molecular flexibility index (Phi) is 7.08. The second kappa shape index (κ2) is 6.54. The predicted molar refractivity (Wildman–Crippen MR) is 48.9 cm³/mol. The van der Waals surface area contributed by atoms with Crippen molar-refractivity contribution in [3.63, 3.8) is 0 Å². The van der Waals surface area contributed by atoms with E-state index in [0.29, 0.717) is 12.0 Å². The molecule has 70 valence electrons. The molecular formula is C9H17N2ORb. The summed E-state index contributed by atoms with van der Waals surface area (Å²) in [6, 6.07) is -0.197. The van der Waals surface area contributed by atoms with E-state index in [4.69, 9.17) is 5.73 Å². The summed E-state index contributed by atoms with van der Waals surface area (Å²) in [4.78, 5) is 12.6. The number of hydrogen-bond acceptors (Lipinski definition) is 1. The first kappa shape index (κ1) is 14.1. The zero-order valence-corrected chi connectivity index (χ0v) is 13.8. The van der Waals surface area contributed by atoms with Crippen LogP contribution in [0.4, 0.5) is 4.79 Å². The monoisotopic (exact) mass is 254 g/mol. The van der Waals surface area contributed by atoms with Gasteiger partial charge in [0.15, 0.2) is 6.03 Å². The number of likely N-dealkylation sites (tertiary alicyclic amines) is 1. The van der Waals surface area contributed by atoms with Crippen molar-refractivity contribution in [3.8, 4) is 0 Å². The topological polar surface area (TPSA) is 44.1 Å². The minimum absolute atomic E-state index is 0. The van der Waals surface area contributed by atoms with Crippen LogP contribution in [0.3, 0.4) is 0 Å². The first-order valence-electron chi connectivity index (χ1n) is 4.65. The summed E-state index contributed by atoms with van der Waals surface area (Å²) >= 11 is 0. The van der Waals surface area contributed by atoms with Crippen molar-refractivity contribution in [3.05, 3.63) is 5.73 Å². The number of carbonyl (C=O) groups is 1. The van der Waals surface area contributed by atoms with Gasteiger partial charge in [0.25, 0.3) is 0 Å². The maximum absolute atomic E-state index is 10.9. The molecule has 0 saturated carbocycles. The van der Waals surface area contributed by atoms with Gasteiger partial charge in [-0.05, 0) is 18.5 Å². The van der Waals surface area contributed by atoms with Crippen molar-refractivity contribution in [2.75, 3.05) is 6.54 Å². The molecule has 1 fully saturated rings. The normalized spacial score (nSPS) is 22.7. The van der Waals surface area contributed by atoms with Crippen molar-refractivity contribution < 1.29 is 63.0 Å². The zero-order chi connectivity index (χ0) is 9.14. The molecule has 1 aliphatic heterocycles. The Labute approximate surface area is 129 Å². The molecule has 1 N–H and O–H groups in total. The van der Waals surface area contributed by atoms with Crippen LogP contribution in [0.5, 0.6) is 0 Å². The Hall–Kier alpha value is 1.08. The van der Waals surface area contributed by atoms with Crippen LogP contribution in [0, 0.1) is 5.92 Å². The van der Waals surface area contributed by atoms with E-state index < -0.39 is 6.03 Å². The molecule has 0 aliphatic carbocycles. The smallest absolute Gasteiger partial charge is 0.447 e. The van der Waals surface area contributed by atoms with Crippen LogP contribution in [0.15, 0.2) is 0 Å². The summed E-state index contributed by atoms with van der Waals surface area (Å²) in [6.45, 7) is 5.02. The van der Waals surface area contributed by atoms with Gasteiger partial charge >= 0.3 is 58.2 Å². The first-order chi connectivity index (χ1) is 5.63. The van der Waals surface area contributed by atoms with E-state index in [9.17, 15) is 4.79 Å². The zero-order valence-electron chi connectivity index (χ0n) is 8.84. The number of carbonyl (C=O) groups excluding carboxylic acids is 1. The van der Waals surface area contributed by atoms with Crippen LogP contribution in [0.25, 0.3) is 5.73 Å². The minimum Gasteiger partial charge on any atom is -0.447 e. The van der Waals surface area contributed by atoms with E-state index >= 15 is 0 Å². The van der Waals surface area contributed by atoms with Gasteiger partial charge in [0.2, 0.25) is 0 Å². The maximum atomic E-state index is 10.9. The standard InChI is InChI=1S/C9H18N2O.Rb/c1-7(2)8-5-3-4-6-11(8)9(10)12;/h7-8H,3-6H2,1-2H3,(H2,10,12);/q;+1/p-1. The van der Waals surface area contributed by atoms with Gasteiger partial charge in [-0.15, -0.1) is 0 Å². The quantitative estimate of drug-likeness (QED) is 0.632. The second-order valence-corrected chi connectivity index (χ2v) is 3.81. The van der Waals surface area contributed by atoms with Gasteiger partial charge in [0.05, 0.1) is 0 Å². The van der Waals surface area contributed by atoms with Crippen molar-refractivity contribution in [2.45, 2.75) is 39.2 Å². The fourth-order valence-corrected chi connectivity index (χ4v) is 1.90. The number of nitrogens with zero attached hydrogens (tertiary/aromatic N) is 1. The van der Waals surface area contributed by atoms with Crippen LogP contribution in [-0.2, 0) is 0 Å². The van der Waals surface area contributed by atoms with Crippen LogP contribution in [0.1, 0.15) is 33.1 Å². The molecule has 1 aliphatic rings.